The molecule has 0 spiro atoms. The minimum Gasteiger partial charge on any atom is -0.507 e. The lowest BCUT2D eigenvalue weighted by Crippen LogP contribution is -2.02. The number of nitrogens with zero attached hydrogens (tertiary/aromatic N) is 1. The Kier molecular flexibility index (Phi) is 3.73. The van der Waals surface area contributed by atoms with Gasteiger partial charge in [0.1, 0.15) is 10.6 Å². The Balaban J connectivity index is 2.39. The molecule has 7 heteroatoms. The number of hydrogen-bond donors (Lipinski definition) is 3. The molecular formula is C13H12N2O4S. The van der Waals surface area contributed by atoms with Gasteiger partial charge in [0.2, 0.25) is 0 Å². The van der Waals surface area contributed by atoms with Crippen LogP contribution in [-0.2, 0) is 10.1 Å². The van der Waals surface area contributed by atoms with Gasteiger partial charge in [0.25, 0.3) is 10.1 Å². The lowest BCUT2D eigenvalue weighted by atomic mass is 10.2. The number of anilines is 1. The van der Waals surface area contributed by atoms with E-state index in [9.17, 15) is 13.5 Å². The number of phenolic OH excluding ortho intramolecular Hbond substituents is 1. The van der Waals surface area contributed by atoms with Crippen LogP contribution in [-0.4, -0.2) is 24.3 Å². The number of aromatic hydroxyl groups is 1. The average Bonchev–Trinajstić information content (AvgIpc) is 2.38. The zero-order chi connectivity index (χ0) is 14.8. The second-order valence-electron chi connectivity index (χ2n) is 4.01. The number of para-hydroxylation sites is 1. The van der Waals surface area contributed by atoms with Crippen LogP contribution in [0, 0.1) is 0 Å². The molecule has 2 aromatic rings. The molecule has 0 heterocycles. The molecule has 0 fully saturated rings. The summed E-state index contributed by atoms with van der Waals surface area (Å²) in [5, 5.41) is 9.57. The Morgan fingerprint density at radius 2 is 1.85 bits per heavy atom. The van der Waals surface area contributed by atoms with Gasteiger partial charge in [-0.2, -0.15) is 8.42 Å². The molecule has 0 aromatic heterocycles. The van der Waals surface area contributed by atoms with Crippen molar-refractivity contribution in [3.05, 3.63) is 48.0 Å². The van der Waals surface area contributed by atoms with Crippen LogP contribution < -0.4 is 5.73 Å². The van der Waals surface area contributed by atoms with Gasteiger partial charge in [0, 0.05) is 11.8 Å². The second kappa shape index (κ2) is 5.32. The van der Waals surface area contributed by atoms with Crippen LogP contribution in [0.15, 0.2) is 52.4 Å². The van der Waals surface area contributed by atoms with Crippen LogP contribution in [0.25, 0.3) is 0 Å². The van der Waals surface area contributed by atoms with E-state index >= 15 is 0 Å². The molecule has 0 bridgehead atoms. The maximum absolute atomic E-state index is 11.1. The Morgan fingerprint density at radius 1 is 1.15 bits per heavy atom. The molecule has 0 aliphatic carbocycles. The first kappa shape index (κ1) is 14.0. The van der Waals surface area contributed by atoms with Gasteiger partial charge in [-0.25, -0.2) is 0 Å². The standard InChI is InChI=1S/C13H12N2O4S/c14-11-6-5-10(7-13(11)20(17,18)19)15-8-9-3-1-2-4-12(9)16/h1-8,16H,14H2,(H,17,18,19). The number of rotatable bonds is 3. The van der Waals surface area contributed by atoms with E-state index in [1.54, 1.807) is 18.2 Å². The first-order valence-electron chi connectivity index (χ1n) is 5.57. The van der Waals surface area contributed by atoms with Crippen molar-refractivity contribution in [1.82, 2.24) is 0 Å². The van der Waals surface area contributed by atoms with Crippen molar-refractivity contribution in [2.45, 2.75) is 4.90 Å². The summed E-state index contributed by atoms with van der Waals surface area (Å²) in [7, 11) is -4.40. The van der Waals surface area contributed by atoms with Gasteiger partial charge in [-0.05, 0) is 30.3 Å². The van der Waals surface area contributed by atoms with Gasteiger partial charge in [0.05, 0.1) is 11.4 Å². The topological polar surface area (TPSA) is 113 Å². The van der Waals surface area contributed by atoms with E-state index in [1.165, 1.54) is 24.4 Å². The number of phenols is 1. The second-order valence-corrected chi connectivity index (χ2v) is 5.40. The molecule has 6 nitrogen and oxygen atoms in total. The summed E-state index contributed by atoms with van der Waals surface area (Å²) in [4.78, 5) is 3.64. The van der Waals surface area contributed by atoms with E-state index in [-0.39, 0.29) is 17.1 Å². The van der Waals surface area contributed by atoms with Gasteiger partial charge < -0.3 is 10.8 Å². The van der Waals surface area contributed by atoms with Crippen molar-refractivity contribution in [1.29, 1.82) is 0 Å². The zero-order valence-electron chi connectivity index (χ0n) is 10.3. The molecule has 104 valence electrons. The molecule has 0 radical (unpaired) electrons. The minimum absolute atomic E-state index is 0.0571. The quantitative estimate of drug-likeness (QED) is 0.455. The number of benzene rings is 2. The Hall–Kier alpha value is -2.38. The van der Waals surface area contributed by atoms with Crippen molar-refractivity contribution in [2.75, 3.05) is 5.73 Å². The third-order valence-corrected chi connectivity index (χ3v) is 3.47. The van der Waals surface area contributed by atoms with Crippen LogP contribution in [0.3, 0.4) is 0 Å². The van der Waals surface area contributed by atoms with Crippen molar-refractivity contribution < 1.29 is 18.1 Å². The third-order valence-electron chi connectivity index (χ3n) is 2.56. The average molecular weight is 292 g/mol. The highest BCUT2D eigenvalue weighted by Gasteiger charge is 2.14. The SMILES string of the molecule is Nc1ccc(N=Cc2ccccc2O)cc1S(=O)(=O)O. The molecular weight excluding hydrogens is 280 g/mol. The highest BCUT2D eigenvalue weighted by molar-refractivity contribution is 7.86. The molecule has 0 saturated carbocycles. The number of hydrogen-bond acceptors (Lipinski definition) is 5. The molecule has 0 aliphatic rings. The summed E-state index contributed by atoms with van der Waals surface area (Å²) in [6, 6.07) is 10.6. The van der Waals surface area contributed by atoms with Crippen LogP contribution in [0.2, 0.25) is 0 Å². The van der Waals surface area contributed by atoms with Crippen LogP contribution in [0.5, 0.6) is 5.75 Å². The molecule has 0 atom stereocenters. The van der Waals surface area contributed by atoms with E-state index in [1.807, 2.05) is 0 Å². The number of nitrogens with two attached hydrogens (primary N) is 1. The smallest absolute Gasteiger partial charge is 0.296 e. The van der Waals surface area contributed by atoms with E-state index in [4.69, 9.17) is 10.3 Å². The van der Waals surface area contributed by atoms with Gasteiger partial charge in [-0.3, -0.25) is 9.55 Å². The normalized spacial score (nSPS) is 11.8. The van der Waals surface area contributed by atoms with Crippen molar-refractivity contribution >= 4 is 27.7 Å². The molecule has 0 amide bonds. The Morgan fingerprint density at radius 3 is 2.50 bits per heavy atom. The summed E-state index contributed by atoms with van der Waals surface area (Å²) in [5.41, 5.74) is 6.19. The molecule has 2 aromatic carbocycles. The summed E-state index contributed by atoms with van der Waals surface area (Å²) in [6.45, 7) is 0. The van der Waals surface area contributed by atoms with Gasteiger partial charge in [-0.1, -0.05) is 12.1 Å². The van der Waals surface area contributed by atoms with Crippen LogP contribution in [0.1, 0.15) is 5.56 Å². The van der Waals surface area contributed by atoms with Gasteiger partial charge in [-0.15, -0.1) is 0 Å². The fourth-order valence-electron chi connectivity index (χ4n) is 1.57. The molecule has 0 saturated heterocycles. The zero-order valence-corrected chi connectivity index (χ0v) is 11.1. The van der Waals surface area contributed by atoms with Crippen LogP contribution in [0.4, 0.5) is 11.4 Å². The molecule has 20 heavy (non-hydrogen) atoms. The molecule has 4 N–H and O–H groups in total. The lowest BCUT2D eigenvalue weighted by molar-refractivity contribution is 0.474. The van der Waals surface area contributed by atoms with Gasteiger partial charge in [0.15, 0.2) is 0 Å². The van der Waals surface area contributed by atoms with E-state index in [0.717, 1.165) is 6.07 Å². The van der Waals surface area contributed by atoms with E-state index in [0.29, 0.717) is 5.56 Å². The maximum Gasteiger partial charge on any atom is 0.296 e. The van der Waals surface area contributed by atoms with Crippen molar-refractivity contribution in [2.24, 2.45) is 4.99 Å². The Bertz CT molecular complexity index is 770. The summed E-state index contributed by atoms with van der Waals surface area (Å²) >= 11 is 0. The fourth-order valence-corrected chi connectivity index (χ4v) is 2.20. The van der Waals surface area contributed by atoms with E-state index in [2.05, 4.69) is 4.99 Å². The molecule has 0 aliphatic heterocycles. The predicted octanol–water partition coefficient (Wildman–Crippen LogP) is 1.97. The molecule has 2 rings (SSSR count). The highest BCUT2D eigenvalue weighted by atomic mass is 32.2. The number of aliphatic imine (C=N–C) groups is 1. The highest BCUT2D eigenvalue weighted by Crippen LogP contribution is 2.24. The van der Waals surface area contributed by atoms with Gasteiger partial charge >= 0.3 is 0 Å². The van der Waals surface area contributed by atoms with Crippen molar-refractivity contribution in [3.8, 4) is 5.75 Å². The van der Waals surface area contributed by atoms with Crippen molar-refractivity contribution in [3.63, 3.8) is 0 Å². The largest absolute Gasteiger partial charge is 0.507 e. The molecule has 0 unspecified atom stereocenters. The first-order valence-corrected chi connectivity index (χ1v) is 7.01. The maximum atomic E-state index is 11.1. The Labute approximate surface area is 116 Å². The predicted molar refractivity (Wildman–Crippen MR) is 76.0 cm³/mol. The fraction of sp³-hybridized carbons (Fsp3) is 0. The third kappa shape index (κ3) is 3.14. The minimum atomic E-state index is -4.40. The van der Waals surface area contributed by atoms with Crippen LogP contribution >= 0.6 is 0 Å². The lowest BCUT2D eigenvalue weighted by Gasteiger charge is -2.03. The summed E-state index contributed by atoms with van der Waals surface area (Å²) < 4.78 is 31.3. The summed E-state index contributed by atoms with van der Waals surface area (Å²) in [5.74, 6) is 0.0571. The van der Waals surface area contributed by atoms with E-state index < -0.39 is 15.0 Å². The monoisotopic (exact) mass is 292 g/mol. The number of nitrogen functional groups attached to an aromatic ring is 1. The summed E-state index contributed by atoms with van der Waals surface area (Å²) in [6.07, 6.45) is 1.38. The first-order chi connectivity index (χ1) is 9.38.